The van der Waals surface area contributed by atoms with Gasteiger partial charge in [0.1, 0.15) is 5.82 Å². The summed E-state index contributed by atoms with van der Waals surface area (Å²) in [6.45, 7) is 1.02. The molecule has 0 heterocycles. The van der Waals surface area contributed by atoms with Gasteiger partial charge in [-0.3, -0.25) is 4.90 Å². The average Bonchev–Trinajstić information content (AvgIpc) is 2.77. The van der Waals surface area contributed by atoms with Crippen LogP contribution in [-0.4, -0.2) is 26.2 Å². The maximum Gasteiger partial charge on any atom is 0.326 e. The third kappa shape index (κ3) is 5.15. The summed E-state index contributed by atoms with van der Waals surface area (Å²) in [5.41, 5.74) is 3.56. The molecule has 3 aromatic rings. The first-order chi connectivity index (χ1) is 14.5. The van der Waals surface area contributed by atoms with Crippen molar-refractivity contribution in [3.63, 3.8) is 0 Å². The smallest absolute Gasteiger partial charge is 0.318 e. The number of halogens is 2. The van der Waals surface area contributed by atoms with E-state index in [1.54, 1.807) is 18.0 Å². The van der Waals surface area contributed by atoms with Crippen LogP contribution in [0.4, 0.5) is 20.6 Å². The van der Waals surface area contributed by atoms with Gasteiger partial charge in [-0.1, -0.05) is 35.9 Å². The zero-order valence-electron chi connectivity index (χ0n) is 16.3. The Balaban J connectivity index is 1.82. The van der Waals surface area contributed by atoms with E-state index in [-0.39, 0.29) is 11.1 Å². The Kier molecular flexibility index (Phi) is 7.02. The minimum absolute atomic E-state index is 0.0569. The van der Waals surface area contributed by atoms with Crippen LogP contribution < -0.4 is 15.5 Å². The molecule has 7 heteroatoms. The molecule has 0 fully saturated rings. The van der Waals surface area contributed by atoms with E-state index < -0.39 is 5.82 Å². The summed E-state index contributed by atoms with van der Waals surface area (Å²) in [5, 5.41) is 14.8. The molecule has 30 heavy (non-hydrogen) atoms. The highest BCUT2D eigenvalue weighted by molar-refractivity contribution is 6.31. The van der Waals surface area contributed by atoms with Crippen LogP contribution in [0.5, 0.6) is 0 Å². The van der Waals surface area contributed by atoms with Gasteiger partial charge < -0.3 is 10.6 Å². The summed E-state index contributed by atoms with van der Waals surface area (Å²) in [6, 6.07) is 20.7. The van der Waals surface area contributed by atoms with Gasteiger partial charge in [0.25, 0.3) is 0 Å². The van der Waals surface area contributed by atoms with E-state index in [9.17, 15) is 9.18 Å². The summed E-state index contributed by atoms with van der Waals surface area (Å²) in [6.07, 6.45) is 0. The fourth-order valence-electron chi connectivity index (χ4n) is 2.94. The number of carbonyl (C=O) groups is 1. The molecule has 2 amide bonds. The Hall–Kier alpha value is -3.40. The number of amides is 2. The van der Waals surface area contributed by atoms with Crippen molar-refractivity contribution in [1.82, 2.24) is 5.32 Å². The molecule has 0 aliphatic rings. The molecule has 3 aromatic carbocycles. The normalized spacial score (nSPS) is 10.3. The second-order valence-electron chi connectivity index (χ2n) is 6.55. The van der Waals surface area contributed by atoms with Crippen molar-refractivity contribution in [2.24, 2.45) is 0 Å². The Labute approximate surface area is 179 Å². The molecule has 0 aliphatic heterocycles. The molecule has 0 saturated heterocycles. The van der Waals surface area contributed by atoms with Crippen LogP contribution in [0.1, 0.15) is 5.56 Å². The molecule has 0 radical (unpaired) electrons. The molecule has 0 aromatic heterocycles. The van der Waals surface area contributed by atoms with Crippen molar-refractivity contribution >= 4 is 29.0 Å². The lowest BCUT2D eigenvalue weighted by molar-refractivity contribution is 0.257. The summed E-state index contributed by atoms with van der Waals surface area (Å²) in [4.78, 5) is 14.5. The van der Waals surface area contributed by atoms with Crippen molar-refractivity contribution in [3.8, 4) is 17.2 Å². The molecule has 0 aliphatic carbocycles. The monoisotopic (exact) mass is 422 g/mol. The van der Waals surface area contributed by atoms with Gasteiger partial charge in [0.15, 0.2) is 0 Å². The standard InChI is InChI=1S/C23H20ClFN4O/c1-27-11-12-29(23(30)28-19-7-10-22(25)21(24)14-19)20-8-5-17(6-9-20)18-4-2-3-16(13-18)15-26/h2-10,13-14,27H,11-12H2,1H3,(H,28,30). The second-order valence-corrected chi connectivity index (χ2v) is 6.96. The Bertz CT molecular complexity index is 1080. The van der Waals surface area contributed by atoms with Crippen molar-refractivity contribution in [2.45, 2.75) is 0 Å². The Morgan fingerprint density at radius 1 is 1.10 bits per heavy atom. The van der Waals surface area contributed by atoms with Crippen molar-refractivity contribution in [3.05, 3.63) is 83.1 Å². The van der Waals surface area contributed by atoms with Crippen molar-refractivity contribution in [2.75, 3.05) is 30.4 Å². The summed E-state index contributed by atoms with van der Waals surface area (Å²) < 4.78 is 13.4. The first-order valence-electron chi connectivity index (χ1n) is 9.30. The highest BCUT2D eigenvalue weighted by atomic mass is 35.5. The number of hydrogen-bond acceptors (Lipinski definition) is 3. The first kappa shape index (κ1) is 21.3. The van der Waals surface area contributed by atoms with Crippen LogP contribution in [-0.2, 0) is 0 Å². The summed E-state index contributed by atoms with van der Waals surface area (Å²) in [5.74, 6) is -0.544. The number of likely N-dealkylation sites (N-methyl/N-ethyl adjacent to an activating group) is 1. The van der Waals surface area contributed by atoms with Gasteiger partial charge in [-0.15, -0.1) is 0 Å². The second kappa shape index (κ2) is 9.88. The summed E-state index contributed by atoms with van der Waals surface area (Å²) >= 11 is 5.80. The number of rotatable bonds is 6. The molecule has 0 spiro atoms. The number of nitrogens with zero attached hydrogens (tertiary/aromatic N) is 2. The van der Waals surface area contributed by atoms with E-state index >= 15 is 0 Å². The highest BCUT2D eigenvalue weighted by Gasteiger charge is 2.16. The molecule has 0 unspecified atom stereocenters. The lowest BCUT2D eigenvalue weighted by Crippen LogP contribution is -2.39. The zero-order chi connectivity index (χ0) is 21.5. The molecule has 0 bridgehead atoms. The third-order valence-corrected chi connectivity index (χ3v) is 4.80. The predicted octanol–water partition coefficient (Wildman–Crippen LogP) is 5.28. The molecule has 5 nitrogen and oxygen atoms in total. The number of anilines is 2. The number of benzene rings is 3. The van der Waals surface area contributed by atoms with Crippen LogP contribution in [0.25, 0.3) is 11.1 Å². The minimum Gasteiger partial charge on any atom is -0.318 e. The lowest BCUT2D eigenvalue weighted by atomic mass is 10.0. The zero-order valence-corrected chi connectivity index (χ0v) is 17.1. The minimum atomic E-state index is -0.544. The third-order valence-electron chi connectivity index (χ3n) is 4.51. The molecule has 152 valence electrons. The van der Waals surface area contributed by atoms with Crippen LogP contribution in [0.15, 0.2) is 66.7 Å². The molecule has 2 N–H and O–H groups in total. The predicted molar refractivity (Wildman–Crippen MR) is 118 cm³/mol. The Morgan fingerprint density at radius 2 is 1.87 bits per heavy atom. The largest absolute Gasteiger partial charge is 0.326 e. The van der Waals surface area contributed by atoms with Crippen LogP contribution >= 0.6 is 11.6 Å². The fraction of sp³-hybridized carbons (Fsp3) is 0.130. The quantitative estimate of drug-likeness (QED) is 0.568. The van der Waals surface area contributed by atoms with E-state index in [4.69, 9.17) is 16.9 Å². The number of nitriles is 1. The summed E-state index contributed by atoms with van der Waals surface area (Å²) in [7, 11) is 1.81. The number of carbonyl (C=O) groups excluding carboxylic acids is 1. The SMILES string of the molecule is CNCCN(C(=O)Nc1ccc(F)c(Cl)c1)c1ccc(-c2cccc(C#N)c2)cc1. The fourth-order valence-corrected chi connectivity index (χ4v) is 3.12. The van der Waals surface area contributed by atoms with Gasteiger partial charge in [0, 0.05) is 24.5 Å². The van der Waals surface area contributed by atoms with E-state index in [0.717, 1.165) is 11.1 Å². The number of urea groups is 1. The lowest BCUT2D eigenvalue weighted by Gasteiger charge is -2.23. The van der Waals surface area contributed by atoms with Crippen molar-refractivity contribution in [1.29, 1.82) is 5.26 Å². The first-order valence-corrected chi connectivity index (χ1v) is 9.68. The molecular weight excluding hydrogens is 403 g/mol. The van der Waals surface area contributed by atoms with E-state index in [1.165, 1.54) is 18.2 Å². The highest BCUT2D eigenvalue weighted by Crippen LogP contribution is 2.25. The van der Waals surface area contributed by atoms with Gasteiger partial charge in [-0.25, -0.2) is 9.18 Å². The molecule has 0 saturated carbocycles. The number of nitrogens with one attached hydrogen (secondary N) is 2. The molecular formula is C23H20ClFN4O. The van der Waals surface area contributed by atoms with Crippen LogP contribution in [0.3, 0.4) is 0 Å². The van der Waals surface area contributed by atoms with Gasteiger partial charge in [-0.2, -0.15) is 5.26 Å². The molecule has 3 rings (SSSR count). The van der Waals surface area contributed by atoms with Gasteiger partial charge in [0.2, 0.25) is 0 Å². The van der Waals surface area contributed by atoms with Crippen LogP contribution in [0.2, 0.25) is 5.02 Å². The maximum atomic E-state index is 13.4. The van der Waals surface area contributed by atoms with Gasteiger partial charge in [-0.05, 0) is 60.6 Å². The van der Waals surface area contributed by atoms with E-state index in [1.807, 2.05) is 42.5 Å². The molecule has 0 atom stereocenters. The van der Waals surface area contributed by atoms with E-state index in [0.29, 0.717) is 30.0 Å². The average molecular weight is 423 g/mol. The van der Waals surface area contributed by atoms with Gasteiger partial charge >= 0.3 is 6.03 Å². The number of hydrogen-bond donors (Lipinski definition) is 2. The maximum absolute atomic E-state index is 13.4. The Morgan fingerprint density at radius 3 is 2.53 bits per heavy atom. The topological polar surface area (TPSA) is 68.2 Å². The van der Waals surface area contributed by atoms with Gasteiger partial charge in [0.05, 0.1) is 16.7 Å². The van der Waals surface area contributed by atoms with Crippen molar-refractivity contribution < 1.29 is 9.18 Å². The van der Waals surface area contributed by atoms with Crippen LogP contribution in [0, 0.1) is 17.1 Å². The van der Waals surface area contributed by atoms with E-state index in [2.05, 4.69) is 16.7 Å².